The molecule has 0 aliphatic heterocycles. The number of benzene rings is 3. The van der Waals surface area contributed by atoms with Crippen LogP contribution in [0.5, 0.6) is 0 Å². The van der Waals surface area contributed by atoms with Gasteiger partial charge in [-0.2, -0.15) is 0 Å². The maximum absolute atomic E-state index is 5.88. The van der Waals surface area contributed by atoms with Crippen molar-refractivity contribution in [2.24, 2.45) is 0 Å². The van der Waals surface area contributed by atoms with Crippen molar-refractivity contribution in [2.45, 2.75) is 0 Å². The molecule has 1 heterocycles. The van der Waals surface area contributed by atoms with Crippen LogP contribution in [0.4, 0.5) is 0 Å². The lowest BCUT2D eigenvalue weighted by atomic mass is 10.1. The second-order valence-corrected chi connectivity index (χ2v) is 5.51. The van der Waals surface area contributed by atoms with Gasteiger partial charge in [-0.1, -0.05) is 54.1 Å². The fourth-order valence-electron chi connectivity index (χ4n) is 2.49. The molecule has 0 radical (unpaired) electrons. The molecular formula is C19H12ClNO. The smallest absolute Gasteiger partial charge is 0.220 e. The molecule has 3 aromatic carbocycles. The second kappa shape index (κ2) is 5.32. The predicted octanol–water partition coefficient (Wildman–Crippen LogP) is 5.80. The molecule has 0 amide bonds. The van der Waals surface area contributed by atoms with Crippen LogP contribution in [0.3, 0.4) is 0 Å². The van der Waals surface area contributed by atoms with Crippen molar-refractivity contribution < 1.29 is 4.42 Å². The van der Waals surface area contributed by atoms with E-state index >= 15 is 0 Å². The molecule has 0 fully saturated rings. The highest BCUT2D eigenvalue weighted by Gasteiger charge is 2.06. The van der Waals surface area contributed by atoms with Gasteiger partial charge < -0.3 is 4.42 Å². The summed E-state index contributed by atoms with van der Waals surface area (Å²) in [6.07, 6.45) is 3.83. The zero-order chi connectivity index (χ0) is 14.9. The van der Waals surface area contributed by atoms with Gasteiger partial charge >= 0.3 is 0 Å². The minimum Gasteiger partial charge on any atom is -0.437 e. The van der Waals surface area contributed by atoms with Crippen molar-refractivity contribution >= 4 is 45.6 Å². The predicted molar refractivity (Wildman–Crippen MR) is 91.9 cm³/mol. The van der Waals surface area contributed by atoms with Crippen molar-refractivity contribution in [2.75, 3.05) is 0 Å². The number of nitrogens with zero attached hydrogens (tertiary/aromatic N) is 1. The molecule has 22 heavy (non-hydrogen) atoms. The molecular weight excluding hydrogens is 294 g/mol. The normalized spacial score (nSPS) is 11.7. The second-order valence-electron chi connectivity index (χ2n) is 5.07. The van der Waals surface area contributed by atoms with Gasteiger partial charge in [0.05, 0.1) is 0 Å². The Labute approximate surface area is 132 Å². The Bertz CT molecular complexity index is 983. The number of aromatic nitrogens is 1. The lowest BCUT2D eigenvalue weighted by Gasteiger charge is -1.95. The molecule has 0 bridgehead atoms. The Morgan fingerprint density at radius 1 is 0.864 bits per heavy atom. The van der Waals surface area contributed by atoms with E-state index in [0.717, 1.165) is 32.5 Å². The van der Waals surface area contributed by atoms with Gasteiger partial charge in [-0.05, 0) is 35.2 Å². The minimum absolute atomic E-state index is 0.598. The summed E-state index contributed by atoms with van der Waals surface area (Å²) in [6, 6.07) is 19.8. The molecule has 0 unspecified atom stereocenters. The first-order valence-electron chi connectivity index (χ1n) is 7.01. The average Bonchev–Trinajstić information content (AvgIpc) is 2.98. The first-order valence-corrected chi connectivity index (χ1v) is 7.39. The summed E-state index contributed by atoms with van der Waals surface area (Å²) in [6.45, 7) is 0. The summed E-state index contributed by atoms with van der Waals surface area (Å²) < 4.78 is 5.80. The molecule has 1 aromatic heterocycles. The zero-order valence-electron chi connectivity index (χ0n) is 11.7. The Kier molecular flexibility index (Phi) is 3.17. The summed E-state index contributed by atoms with van der Waals surface area (Å²) in [5.41, 5.74) is 2.75. The minimum atomic E-state index is 0.598. The molecule has 0 N–H and O–H groups in total. The fraction of sp³-hybridized carbons (Fsp3) is 0. The summed E-state index contributed by atoms with van der Waals surface area (Å²) in [4.78, 5) is 4.59. The maximum atomic E-state index is 5.88. The number of oxazole rings is 1. The maximum Gasteiger partial charge on any atom is 0.220 e. The van der Waals surface area contributed by atoms with E-state index < -0.39 is 0 Å². The van der Waals surface area contributed by atoms with E-state index in [2.05, 4.69) is 23.2 Å². The van der Waals surface area contributed by atoms with Gasteiger partial charge in [0.1, 0.15) is 5.52 Å². The van der Waals surface area contributed by atoms with E-state index in [1.54, 1.807) is 0 Å². The van der Waals surface area contributed by atoms with Crippen molar-refractivity contribution in [1.29, 1.82) is 0 Å². The topological polar surface area (TPSA) is 26.0 Å². The van der Waals surface area contributed by atoms with E-state index in [0.29, 0.717) is 5.89 Å². The van der Waals surface area contributed by atoms with Crippen molar-refractivity contribution in [1.82, 2.24) is 4.98 Å². The number of fused-ring (bicyclic) bond motifs is 3. The van der Waals surface area contributed by atoms with Crippen molar-refractivity contribution in [3.05, 3.63) is 77.1 Å². The molecule has 106 valence electrons. The SMILES string of the molecule is Clc1ccc(C=Cc2nc3c(ccc4ccccc43)o2)cc1. The van der Waals surface area contributed by atoms with Crippen molar-refractivity contribution in [3.8, 4) is 0 Å². The van der Waals surface area contributed by atoms with Crippen LogP contribution in [0.25, 0.3) is 34.0 Å². The lowest BCUT2D eigenvalue weighted by molar-refractivity contribution is 0.590. The largest absolute Gasteiger partial charge is 0.437 e. The van der Waals surface area contributed by atoms with Gasteiger partial charge in [0.2, 0.25) is 5.89 Å². The molecule has 4 rings (SSSR count). The molecule has 0 saturated carbocycles. The third kappa shape index (κ3) is 2.38. The first-order chi connectivity index (χ1) is 10.8. The quantitative estimate of drug-likeness (QED) is 0.467. The lowest BCUT2D eigenvalue weighted by Crippen LogP contribution is -1.75. The number of hydrogen-bond donors (Lipinski definition) is 0. The van der Waals surface area contributed by atoms with Crippen LogP contribution in [-0.2, 0) is 0 Å². The highest BCUT2D eigenvalue weighted by Crippen LogP contribution is 2.26. The molecule has 0 saturated heterocycles. The summed E-state index contributed by atoms with van der Waals surface area (Å²) in [7, 11) is 0. The molecule has 2 nitrogen and oxygen atoms in total. The van der Waals surface area contributed by atoms with Gasteiger partial charge in [-0.15, -0.1) is 0 Å². The number of hydrogen-bond acceptors (Lipinski definition) is 2. The van der Waals surface area contributed by atoms with Crippen LogP contribution in [0.2, 0.25) is 5.02 Å². The monoisotopic (exact) mass is 305 g/mol. The molecule has 4 aromatic rings. The van der Waals surface area contributed by atoms with Gasteiger partial charge in [0, 0.05) is 16.5 Å². The summed E-state index contributed by atoms with van der Waals surface area (Å²) >= 11 is 5.88. The standard InChI is InChI=1S/C19H12ClNO/c20-15-9-5-13(6-10-15)7-12-18-21-19-16-4-2-1-3-14(16)8-11-17(19)22-18/h1-12H. The van der Waals surface area contributed by atoms with Gasteiger partial charge in [-0.3, -0.25) is 0 Å². The third-order valence-electron chi connectivity index (χ3n) is 3.59. The van der Waals surface area contributed by atoms with Crippen LogP contribution < -0.4 is 0 Å². The van der Waals surface area contributed by atoms with Crippen LogP contribution in [0.15, 0.2) is 65.1 Å². The fourth-order valence-corrected chi connectivity index (χ4v) is 2.62. The van der Waals surface area contributed by atoms with Gasteiger partial charge in [0.25, 0.3) is 0 Å². The zero-order valence-corrected chi connectivity index (χ0v) is 12.4. The van der Waals surface area contributed by atoms with Crippen LogP contribution in [0, 0.1) is 0 Å². The Balaban J connectivity index is 1.76. The highest BCUT2D eigenvalue weighted by molar-refractivity contribution is 6.30. The van der Waals surface area contributed by atoms with E-state index in [1.807, 2.05) is 54.6 Å². The average molecular weight is 306 g/mol. The number of rotatable bonds is 2. The first kappa shape index (κ1) is 13.1. The van der Waals surface area contributed by atoms with Gasteiger partial charge in [0.15, 0.2) is 5.58 Å². The van der Waals surface area contributed by atoms with E-state index in [1.165, 1.54) is 0 Å². The number of halogens is 1. The summed E-state index contributed by atoms with van der Waals surface area (Å²) in [5, 5.41) is 3.00. The molecule has 0 aliphatic carbocycles. The van der Waals surface area contributed by atoms with Gasteiger partial charge in [-0.25, -0.2) is 4.98 Å². The Morgan fingerprint density at radius 2 is 1.68 bits per heavy atom. The van der Waals surface area contributed by atoms with Crippen LogP contribution in [-0.4, -0.2) is 4.98 Å². The highest BCUT2D eigenvalue weighted by atomic mass is 35.5. The van der Waals surface area contributed by atoms with Crippen LogP contribution in [0.1, 0.15) is 11.5 Å². The Morgan fingerprint density at radius 3 is 2.55 bits per heavy atom. The third-order valence-corrected chi connectivity index (χ3v) is 3.84. The van der Waals surface area contributed by atoms with E-state index in [9.17, 15) is 0 Å². The van der Waals surface area contributed by atoms with E-state index in [4.69, 9.17) is 16.0 Å². The van der Waals surface area contributed by atoms with E-state index in [-0.39, 0.29) is 0 Å². The molecule has 0 atom stereocenters. The molecule has 0 aliphatic rings. The van der Waals surface area contributed by atoms with Crippen molar-refractivity contribution in [3.63, 3.8) is 0 Å². The molecule has 0 spiro atoms. The van der Waals surface area contributed by atoms with Crippen LogP contribution >= 0.6 is 11.6 Å². The molecule has 3 heteroatoms. The Hall–Kier alpha value is -2.58. The summed E-state index contributed by atoms with van der Waals surface area (Å²) in [5.74, 6) is 0.598.